The van der Waals surface area contributed by atoms with Gasteiger partial charge in [0.2, 0.25) is 0 Å². The number of methoxy groups -OCH3 is 1. The number of nitrogens with zero attached hydrogens (tertiary/aromatic N) is 4. The maximum atomic E-state index is 12.3. The van der Waals surface area contributed by atoms with Crippen molar-refractivity contribution in [3.05, 3.63) is 42.2 Å². The summed E-state index contributed by atoms with van der Waals surface area (Å²) in [5.74, 6) is -0.118. The molecule has 1 saturated carbocycles. The molecule has 2 heterocycles. The highest BCUT2D eigenvalue weighted by Crippen LogP contribution is 2.27. The quantitative estimate of drug-likeness (QED) is 0.908. The topological polar surface area (TPSA) is 81.9 Å². The molecule has 2 aromatic heterocycles. The van der Waals surface area contributed by atoms with E-state index in [-0.39, 0.29) is 11.9 Å². The molecule has 0 radical (unpaired) electrons. The van der Waals surface area contributed by atoms with Gasteiger partial charge in [0.1, 0.15) is 18.3 Å². The van der Waals surface area contributed by atoms with Crippen molar-refractivity contribution in [1.82, 2.24) is 25.1 Å². The molecule has 0 atom stereocenters. The Labute approximate surface area is 135 Å². The van der Waals surface area contributed by atoms with E-state index in [4.69, 9.17) is 4.74 Å². The first-order valence-corrected chi connectivity index (χ1v) is 7.86. The molecule has 3 rings (SSSR count). The van der Waals surface area contributed by atoms with E-state index < -0.39 is 0 Å². The Balaban J connectivity index is 1.54. The van der Waals surface area contributed by atoms with Gasteiger partial charge in [-0.3, -0.25) is 4.79 Å². The van der Waals surface area contributed by atoms with Crippen LogP contribution in [0.25, 0.3) is 0 Å². The van der Waals surface area contributed by atoms with E-state index >= 15 is 0 Å². The third kappa shape index (κ3) is 3.92. The Hall–Kier alpha value is -2.28. The van der Waals surface area contributed by atoms with E-state index in [1.54, 1.807) is 25.8 Å². The molecule has 0 spiro atoms. The largest absolute Gasteiger partial charge is 0.378 e. The van der Waals surface area contributed by atoms with Crippen LogP contribution >= 0.6 is 0 Å². The number of rotatable bonds is 5. The first-order valence-electron chi connectivity index (χ1n) is 7.86. The fraction of sp³-hybridized carbons (Fsp3) is 0.500. The fourth-order valence-electron chi connectivity index (χ4n) is 2.98. The first kappa shape index (κ1) is 15.6. The second-order valence-corrected chi connectivity index (χ2v) is 5.80. The lowest BCUT2D eigenvalue weighted by atomic mass is 9.91. The molecular weight excluding hydrogens is 294 g/mol. The van der Waals surface area contributed by atoms with Crippen LogP contribution in [-0.4, -0.2) is 38.8 Å². The summed E-state index contributed by atoms with van der Waals surface area (Å²) < 4.78 is 6.96. The Bertz CT molecular complexity index is 636. The van der Waals surface area contributed by atoms with Crippen LogP contribution in [0.3, 0.4) is 0 Å². The highest BCUT2D eigenvalue weighted by Gasteiger charge is 2.24. The van der Waals surface area contributed by atoms with E-state index in [1.807, 2.05) is 16.8 Å². The van der Waals surface area contributed by atoms with Crippen molar-refractivity contribution < 1.29 is 9.53 Å². The van der Waals surface area contributed by atoms with Crippen molar-refractivity contribution in [3.8, 4) is 0 Å². The minimum Gasteiger partial charge on any atom is -0.378 e. The molecule has 122 valence electrons. The molecule has 2 aromatic rings. The Morgan fingerprint density at radius 2 is 2.17 bits per heavy atom. The number of hydrogen-bond acceptors (Lipinski definition) is 5. The summed E-state index contributed by atoms with van der Waals surface area (Å²) in [6.07, 6.45) is 7.18. The lowest BCUT2D eigenvalue weighted by Crippen LogP contribution is -2.38. The van der Waals surface area contributed by atoms with Gasteiger partial charge in [-0.15, -0.1) is 0 Å². The van der Waals surface area contributed by atoms with Gasteiger partial charge in [-0.2, -0.15) is 5.10 Å². The van der Waals surface area contributed by atoms with E-state index in [1.165, 1.54) is 0 Å². The Morgan fingerprint density at radius 3 is 2.87 bits per heavy atom. The highest BCUT2D eigenvalue weighted by atomic mass is 16.5. The number of amides is 1. The molecule has 1 N–H and O–H groups in total. The molecule has 0 aromatic carbocycles. The number of pyridine rings is 1. The van der Waals surface area contributed by atoms with Crippen molar-refractivity contribution in [2.45, 2.75) is 44.4 Å². The summed E-state index contributed by atoms with van der Waals surface area (Å²) in [7, 11) is 1.61. The van der Waals surface area contributed by atoms with Crippen LogP contribution in [0.1, 0.15) is 47.9 Å². The zero-order chi connectivity index (χ0) is 16.1. The predicted octanol–water partition coefficient (Wildman–Crippen LogP) is 1.73. The maximum Gasteiger partial charge on any atom is 0.270 e. The van der Waals surface area contributed by atoms with Crippen LogP contribution in [0.2, 0.25) is 0 Å². The van der Waals surface area contributed by atoms with Gasteiger partial charge in [-0.1, -0.05) is 6.07 Å². The van der Waals surface area contributed by atoms with Crippen molar-refractivity contribution in [1.29, 1.82) is 0 Å². The molecule has 23 heavy (non-hydrogen) atoms. The number of hydrogen-bond donors (Lipinski definition) is 1. The average molecular weight is 315 g/mol. The smallest absolute Gasteiger partial charge is 0.270 e. The SMILES string of the molecule is COCc1cccc(C(=O)NC2CCC(n3cncn3)CC2)n1. The van der Waals surface area contributed by atoms with Crippen molar-refractivity contribution >= 4 is 5.91 Å². The number of aromatic nitrogens is 4. The van der Waals surface area contributed by atoms with Crippen LogP contribution in [0.4, 0.5) is 0 Å². The molecule has 1 aliphatic rings. The van der Waals surface area contributed by atoms with Crippen molar-refractivity contribution in [3.63, 3.8) is 0 Å². The van der Waals surface area contributed by atoms with Crippen LogP contribution in [0.15, 0.2) is 30.9 Å². The third-order valence-corrected chi connectivity index (χ3v) is 4.17. The number of carbonyl (C=O) groups is 1. The molecule has 1 fully saturated rings. The summed E-state index contributed by atoms with van der Waals surface area (Å²) in [5.41, 5.74) is 1.20. The summed E-state index contributed by atoms with van der Waals surface area (Å²) in [6, 6.07) is 5.99. The van der Waals surface area contributed by atoms with Crippen molar-refractivity contribution in [2.24, 2.45) is 0 Å². The van der Waals surface area contributed by atoms with Crippen molar-refractivity contribution in [2.75, 3.05) is 7.11 Å². The molecule has 1 aliphatic carbocycles. The first-order chi connectivity index (χ1) is 11.3. The van der Waals surface area contributed by atoms with E-state index in [2.05, 4.69) is 20.4 Å². The number of carbonyl (C=O) groups excluding carboxylic acids is 1. The van der Waals surface area contributed by atoms with Gasteiger partial charge in [0.15, 0.2) is 0 Å². The zero-order valence-corrected chi connectivity index (χ0v) is 13.2. The fourth-order valence-corrected chi connectivity index (χ4v) is 2.98. The van der Waals surface area contributed by atoms with Gasteiger partial charge < -0.3 is 10.1 Å². The van der Waals surface area contributed by atoms with Gasteiger partial charge in [0, 0.05) is 13.2 Å². The lowest BCUT2D eigenvalue weighted by Gasteiger charge is -2.28. The summed E-state index contributed by atoms with van der Waals surface area (Å²) in [4.78, 5) is 20.7. The molecule has 7 heteroatoms. The average Bonchev–Trinajstić information content (AvgIpc) is 3.11. The minimum absolute atomic E-state index is 0.118. The molecule has 0 bridgehead atoms. The lowest BCUT2D eigenvalue weighted by molar-refractivity contribution is 0.0915. The monoisotopic (exact) mass is 315 g/mol. The van der Waals surface area contributed by atoms with E-state index in [0.717, 1.165) is 31.4 Å². The molecule has 7 nitrogen and oxygen atoms in total. The van der Waals surface area contributed by atoms with Gasteiger partial charge in [0.05, 0.1) is 18.3 Å². The van der Waals surface area contributed by atoms with Crippen LogP contribution in [0.5, 0.6) is 0 Å². The maximum absolute atomic E-state index is 12.3. The van der Waals surface area contributed by atoms with Gasteiger partial charge >= 0.3 is 0 Å². The van der Waals surface area contributed by atoms with Gasteiger partial charge in [0.25, 0.3) is 5.91 Å². The Kier molecular flexibility index (Phi) is 4.97. The third-order valence-electron chi connectivity index (χ3n) is 4.17. The van der Waals surface area contributed by atoms with E-state index in [0.29, 0.717) is 18.3 Å². The summed E-state index contributed by atoms with van der Waals surface area (Å²) >= 11 is 0. The van der Waals surface area contributed by atoms with Crippen LogP contribution in [-0.2, 0) is 11.3 Å². The minimum atomic E-state index is -0.118. The molecule has 0 aliphatic heterocycles. The molecule has 0 unspecified atom stereocenters. The van der Waals surface area contributed by atoms with Gasteiger partial charge in [-0.05, 0) is 37.8 Å². The van der Waals surface area contributed by atoms with Gasteiger partial charge in [-0.25, -0.2) is 14.6 Å². The highest BCUT2D eigenvalue weighted by molar-refractivity contribution is 5.92. The zero-order valence-electron chi connectivity index (χ0n) is 13.2. The number of ether oxygens (including phenoxy) is 1. The standard InChI is InChI=1S/C16H21N5O2/c1-23-9-13-3-2-4-15(19-13)16(22)20-12-5-7-14(8-6-12)21-11-17-10-18-21/h2-4,10-12,14H,5-9H2,1H3,(H,20,22). The molecule has 1 amide bonds. The molecule has 0 saturated heterocycles. The van der Waals surface area contributed by atoms with Crippen LogP contribution in [0, 0.1) is 0 Å². The predicted molar refractivity (Wildman–Crippen MR) is 83.7 cm³/mol. The summed E-state index contributed by atoms with van der Waals surface area (Å²) in [5, 5.41) is 7.28. The second kappa shape index (κ2) is 7.32. The van der Waals surface area contributed by atoms with E-state index in [9.17, 15) is 4.79 Å². The second-order valence-electron chi connectivity index (χ2n) is 5.80. The normalized spacial score (nSPS) is 21.1. The molecular formula is C16H21N5O2. The Morgan fingerprint density at radius 1 is 1.35 bits per heavy atom. The van der Waals surface area contributed by atoms with Crippen LogP contribution < -0.4 is 5.32 Å². The number of nitrogens with one attached hydrogen (secondary N) is 1. The summed E-state index contributed by atoms with van der Waals surface area (Å²) in [6.45, 7) is 0.407.